The summed E-state index contributed by atoms with van der Waals surface area (Å²) in [4.78, 5) is 14.1. The second-order valence-electron chi connectivity index (χ2n) is 3.52. The number of rotatable bonds is 5. The monoisotopic (exact) mass is 253 g/mol. The Morgan fingerprint density at radius 2 is 2.47 bits per heavy atom. The van der Waals surface area contributed by atoms with Crippen molar-refractivity contribution < 1.29 is 10.0 Å². The third-order valence-electron chi connectivity index (χ3n) is 1.97. The number of hydrogen-bond donors (Lipinski definition) is 1. The number of aromatic nitrogens is 1. The fourth-order valence-electron chi connectivity index (χ4n) is 1.02. The highest BCUT2D eigenvalue weighted by molar-refractivity contribution is 7.99. The summed E-state index contributed by atoms with van der Waals surface area (Å²) in [5.74, 6) is 0.577. The van der Waals surface area contributed by atoms with E-state index < -0.39 is 4.92 Å². The van der Waals surface area contributed by atoms with Crippen molar-refractivity contribution in [3.63, 3.8) is 0 Å². The molecule has 0 amide bonds. The summed E-state index contributed by atoms with van der Waals surface area (Å²) < 4.78 is 0. The molecular formula is C10H11N3O3S. The molecule has 1 aromatic rings. The minimum Gasteiger partial charge on any atom is -0.396 e. The van der Waals surface area contributed by atoms with Crippen LogP contribution in [-0.2, 0) is 0 Å². The van der Waals surface area contributed by atoms with Gasteiger partial charge in [0.25, 0.3) is 0 Å². The quantitative estimate of drug-likeness (QED) is 0.485. The van der Waals surface area contributed by atoms with Gasteiger partial charge in [-0.15, -0.1) is 0 Å². The Kier molecular flexibility index (Phi) is 4.87. The molecule has 1 rings (SSSR count). The first-order valence-corrected chi connectivity index (χ1v) is 5.85. The molecule has 6 nitrogen and oxygen atoms in total. The van der Waals surface area contributed by atoms with Crippen molar-refractivity contribution in [2.75, 3.05) is 12.4 Å². The van der Waals surface area contributed by atoms with Gasteiger partial charge < -0.3 is 5.11 Å². The lowest BCUT2D eigenvalue weighted by Gasteiger charge is -2.06. The first-order valence-electron chi connectivity index (χ1n) is 4.86. The average molecular weight is 253 g/mol. The van der Waals surface area contributed by atoms with E-state index in [9.17, 15) is 10.1 Å². The van der Waals surface area contributed by atoms with Crippen LogP contribution in [0.15, 0.2) is 17.3 Å². The predicted octanol–water partition coefficient (Wildman–Crippen LogP) is 1.58. The molecule has 0 aromatic carbocycles. The Balaban J connectivity index is 2.92. The van der Waals surface area contributed by atoms with Gasteiger partial charge in [0.05, 0.1) is 10.5 Å². The van der Waals surface area contributed by atoms with Crippen LogP contribution in [0.1, 0.15) is 12.5 Å². The van der Waals surface area contributed by atoms with E-state index in [4.69, 9.17) is 10.4 Å². The Morgan fingerprint density at radius 3 is 3.00 bits per heavy atom. The fraction of sp³-hybridized carbons (Fsp3) is 0.400. The van der Waals surface area contributed by atoms with Crippen molar-refractivity contribution in [1.82, 2.24) is 4.98 Å². The SMILES string of the molecule is CC(CO)CSc1ncc(C#N)cc1[N+](=O)[O-]. The summed E-state index contributed by atoms with van der Waals surface area (Å²) >= 11 is 1.21. The first-order chi connectivity index (χ1) is 8.08. The second-order valence-corrected chi connectivity index (χ2v) is 4.52. The van der Waals surface area contributed by atoms with E-state index in [1.165, 1.54) is 24.0 Å². The van der Waals surface area contributed by atoms with Gasteiger partial charge in [-0.1, -0.05) is 18.7 Å². The molecule has 1 unspecified atom stereocenters. The number of nitrogens with zero attached hydrogens (tertiary/aromatic N) is 3. The zero-order valence-electron chi connectivity index (χ0n) is 9.16. The van der Waals surface area contributed by atoms with Gasteiger partial charge >= 0.3 is 5.69 Å². The number of aliphatic hydroxyl groups excluding tert-OH is 1. The molecule has 1 heterocycles. The molecule has 0 radical (unpaired) electrons. The molecule has 0 saturated carbocycles. The lowest BCUT2D eigenvalue weighted by molar-refractivity contribution is -0.388. The van der Waals surface area contributed by atoms with Crippen LogP contribution in [0.2, 0.25) is 0 Å². The van der Waals surface area contributed by atoms with E-state index in [1.54, 1.807) is 0 Å². The van der Waals surface area contributed by atoms with Gasteiger partial charge in [0.2, 0.25) is 0 Å². The zero-order chi connectivity index (χ0) is 12.8. The van der Waals surface area contributed by atoms with E-state index >= 15 is 0 Å². The summed E-state index contributed by atoms with van der Waals surface area (Å²) in [6.07, 6.45) is 1.30. The van der Waals surface area contributed by atoms with E-state index in [2.05, 4.69) is 4.98 Å². The Hall–Kier alpha value is -1.65. The van der Waals surface area contributed by atoms with Crippen LogP contribution in [0.25, 0.3) is 0 Å². The van der Waals surface area contributed by atoms with Crippen LogP contribution in [0, 0.1) is 27.4 Å². The van der Waals surface area contributed by atoms with Gasteiger partial charge in [-0.3, -0.25) is 10.1 Å². The summed E-state index contributed by atoms with van der Waals surface area (Å²) in [6.45, 7) is 1.86. The van der Waals surface area contributed by atoms with Crippen LogP contribution in [0.3, 0.4) is 0 Å². The maximum Gasteiger partial charge on any atom is 0.302 e. The molecule has 0 fully saturated rings. The number of aliphatic hydroxyl groups is 1. The highest BCUT2D eigenvalue weighted by Crippen LogP contribution is 2.28. The molecule has 90 valence electrons. The van der Waals surface area contributed by atoms with Crippen LogP contribution in [-0.4, -0.2) is 27.4 Å². The van der Waals surface area contributed by atoms with Gasteiger partial charge in [0.1, 0.15) is 6.07 Å². The zero-order valence-corrected chi connectivity index (χ0v) is 9.98. The molecule has 17 heavy (non-hydrogen) atoms. The summed E-state index contributed by atoms with van der Waals surface area (Å²) in [5.41, 5.74) is -0.00422. The Labute approximate surface area is 102 Å². The van der Waals surface area contributed by atoms with Gasteiger partial charge in [-0.2, -0.15) is 5.26 Å². The fourth-order valence-corrected chi connectivity index (χ4v) is 1.97. The predicted molar refractivity (Wildman–Crippen MR) is 62.6 cm³/mol. The number of nitriles is 1. The van der Waals surface area contributed by atoms with Crippen molar-refractivity contribution >= 4 is 17.4 Å². The lowest BCUT2D eigenvalue weighted by Crippen LogP contribution is -2.04. The number of hydrogen-bond acceptors (Lipinski definition) is 6. The molecule has 0 aliphatic rings. The maximum atomic E-state index is 10.8. The largest absolute Gasteiger partial charge is 0.396 e. The Morgan fingerprint density at radius 1 is 1.76 bits per heavy atom. The maximum absolute atomic E-state index is 10.8. The van der Waals surface area contributed by atoms with E-state index in [0.717, 1.165) is 0 Å². The third-order valence-corrected chi connectivity index (χ3v) is 3.30. The van der Waals surface area contributed by atoms with Crippen LogP contribution in [0.4, 0.5) is 5.69 Å². The Bertz CT molecular complexity index is 459. The number of thioether (sulfide) groups is 1. The minimum atomic E-state index is -0.556. The van der Waals surface area contributed by atoms with Crippen molar-refractivity contribution in [3.8, 4) is 6.07 Å². The normalized spacial score (nSPS) is 11.8. The first kappa shape index (κ1) is 13.4. The molecule has 0 bridgehead atoms. The average Bonchev–Trinajstić information content (AvgIpc) is 2.35. The summed E-state index contributed by atoms with van der Waals surface area (Å²) in [5, 5.41) is 28.6. The smallest absolute Gasteiger partial charge is 0.302 e. The van der Waals surface area contributed by atoms with Gasteiger partial charge in [0, 0.05) is 24.6 Å². The van der Waals surface area contributed by atoms with Crippen molar-refractivity contribution in [3.05, 3.63) is 27.9 Å². The highest BCUT2D eigenvalue weighted by Gasteiger charge is 2.17. The molecule has 7 heteroatoms. The molecular weight excluding hydrogens is 242 g/mol. The van der Waals surface area contributed by atoms with Crippen LogP contribution >= 0.6 is 11.8 Å². The van der Waals surface area contributed by atoms with Gasteiger partial charge in [-0.25, -0.2) is 4.98 Å². The van der Waals surface area contributed by atoms with Crippen molar-refractivity contribution in [2.24, 2.45) is 5.92 Å². The lowest BCUT2D eigenvalue weighted by atomic mass is 10.2. The molecule has 0 saturated heterocycles. The topological polar surface area (TPSA) is 100 Å². The molecule has 0 aliphatic heterocycles. The van der Waals surface area contributed by atoms with Crippen LogP contribution < -0.4 is 0 Å². The third kappa shape index (κ3) is 3.69. The van der Waals surface area contributed by atoms with Crippen LogP contribution in [0.5, 0.6) is 0 Å². The van der Waals surface area contributed by atoms with Gasteiger partial charge in [-0.05, 0) is 5.92 Å². The molecule has 1 atom stereocenters. The summed E-state index contributed by atoms with van der Waals surface area (Å²) in [7, 11) is 0. The van der Waals surface area contributed by atoms with E-state index in [1.807, 2.05) is 13.0 Å². The molecule has 1 N–H and O–H groups in total. The van der Waals surface area contributed by atoms with Crippen molar-refractivity contribution in [2.45, 2.75) is 11.9 Å². The number of pyridine rings is 1. The van der Waals surface area contributed by atoms with Gasteiger partial charge in [0.15, 0.2) is 5.03 Å². The highest BCUT2D eigenvalue weighted by atomic mass is 32.2. The number of nitro groups is 1. The molecule has 0 spiro atoms. The minimum absolute atomic E-state index is 0.0249. The second kappa shape index (κ2) is 6.18. The standard InChI is InChI=1S/C10H11N3O3S/c1-7(5-14)6-17-10-9(13(15)16)2-8(3-11)4-12-10/h2,4,7,14H,5-6H2,1H3. The molecule has 0 aliphatic carbocycles. The van der Waals surface area contributed by atoms with E-state index in [0.29, 0.717) is 5.75 Å². The summed E-state index contributed by atoms with van der Waals surface area (Å²) in [6, 6.07) is 3.02. The van der Waals surface area contributed by atoms with Crippen molar-refractivity contribution in [1.29, 1.82) is 5.26 Å². The molecule has 1 aromatic heterocycles. The van der Waals surface area contributed by atoms with E-state index in [-0.39, 0.29) is 28.8 Å².